The van der Waals surface area contributed by atoms with Crippen molar-refractivity contribution in [3.8, 4) is 0 Å². The van der Waals surface area contributed by atoms with Crippen LogP contribution in [0, 0.1) is 0 Å². The molecule has 6 heteroatoms. The molecule has 0 fully saturated rings. The number of nitrogens with zero attached hydrogens (tertiary/aromatic N) is 5. The van der Waals surface area contributed by atoms with Gasteiger partial charge in [0.2, 0.25) is 0 Å². The van der Waals surface area contributed by atoms with Crippen molar-refractivity contribution in [2.75, 3.05) is 0 Å². The smallest absolute Gasteiger partial charge is 0.128 e. The van der Waals surface area contributed by atoms with Crippen LogP contribution in [0.4, 0.5) is 0 Å². The van der Waals surface area contributed by atoms with Gasteiger partial charge in [0.05, 0.1) is 29.3 Å². The second kappa shape index (κ2) is 4.66. The van der Waals surface area contributed by atoms with E-state index in [1.165, 1.54) is 0 Å². The summed E-state index contributed by atoms with van der Waals surface area (Å²) < 4.78 is 3.97. The van der Waals surface area contributed by atoms with E-state index in [4.69, 9.17) is 11.6 Å². The Bertz CT molecular complexity index is 713. The molecule has 1 atom stereocenters. The highest BCUT2D eigenvalue weighted by Crippen LogP contribution is 2.24. The topological polar surface area (TPSA) is 48.5 Å². The number of hydrogen-bond acceptors (Lipinski definition) is 3. The minimum Gasteiger partial charge on any atom is -0.321 e. The third kappa shape index (κ3) is 2.10. The van der Waals surface area contributed by atoms with Crippen LogP contribution in [0.15, 0.2) is 30.7 Å². The van der Waals surface area contributed by atoms with Gasteiger partial charge in [0.1, 0.15) is 11.3 Å². The van der Waals surface area contributed by atoms with E-state index < -0.39 is 0 Å². The van der Waals surface area contributed by atoms with Crippen LogP contribution in [0.25, 0.3) is 11.0 Å². The Kier molecular flexibility index (Phi) is 2.98. The average Bonchev–Trinajstić information content (AvgIpc) is 2.95. The molecule has 0 bridgehead atoms. The molecule has 0 saturated carbocycles. The molecule has 0 aliphatic heterocycles. The molecule has 3 aromatic heterocycles. The largest absolute Gasteiger partial charge is 0.321 e. The van der Waals surface area contributed by atoms with Gasteiger partial charge in [-0.1, -0.05) is 0 Å². The highest BCUT2D eigenvalue weighted by molar-refractivity contribution is 6.20. The summed E-state index contributed by atoms with van der Waals surface area (Å²) in [7, 11) is 1.93. The third-order valence-electron chi connectivity index (χ3n) is 3.18. The van der Waals surface area contributed by atoms with Crippen LogP contribution >= 0.6 is 11.6 Å². The van der Waals surface area contributed by atoms with E-state index in [9.17, 15) is 0 Å². The molecule has 0 aromatic carbocycles. The van der Waals surface area contributed by atoms with Crippen molar-refractivity contribution in [3.63, 3.8) is 0 Å². The van der Waals surface area contributed by atoms with Crippen molar-refractivity contribution in [1.29, 1.82) is 0 Å². The maximum atomic E-state index is 6.23. The Balaban J connectivity index is 2.15. The van der Waals surface area contributed by atoms with Crippen molar-refractivity contribution in [1.82, 2.24) is 24.3 Å². The molecule has 0 saturated heterocycles. The standard InChI is InChI=1S/C13H14ClN5/c1-9(14)13-17-11-7-15-5-4-12(11)19(13)8-10-3-6-16-18(10)2/h3-7,9H,8H2,1-2H3. The summed E-state index contributed by atoms with van der Waals surface area (Å²) in [6.45, 7) is 2.62. The molecule has 3 aromatic rings. The molecular formula is C13H14ClN5. The normalized spacial score (nSPS) is 13.0. The first-order valence-electron chi connectivity index (χ1n) is 6.08. The van der Waals surface area contributed by atoms with E-state index >= 15 is 0 Å². The molecule has 0 aliphatic carbocycles. The predicted octanol–water partition coefficient (Wildman–Crippen LogP) is 2.51. The van der Waals surface area contributed by atoms with Crippen LogP contribution in [-0.2, 0) is 13.6 Å². The van der Waals surface area contributed by atoms with Crippen molar-refractivity contribution in [3.05, 3.63) is 42.2 Å². The molecule has 1 unspecified atom stereocenters. The van der Waals surface area contributed by atoms with E-state index in [1.807, 2.05) is 30.8 Å². The number of aryl methyl sites for hydroxylation is 1. The van der Waals surface area contributed by atoms with Crippen LogP contribution in [0.1, 0.15) is 23.8 Å². The van der Waals surface area contributed by atoms with Gasteiger partial charge in [0.25, 0.3) is 0 Å². The highest BCUT2D eigenvalue weighted by Gasteiger charge is 2.15. The van der Waals surface area contributed by atoms with Gasteiger partial charge in [-0.05, 0) is 19.1 Å². The maximum absolute atomic E-state index is 6.23. The summed E-state index contributed by atoms with van der Waals surface area (Å²) in [6, 6.07) is 3.96. The van der Waals surface area contributed by atoms with E-state index in [2.05, 4.69) is 19.6 Å². The minimum atomic E-state index is -0.152. The van der Waals surface area contributed by atoms with Crippen molar-refractivity contribution >= 4 is 22.6 Å². The number of pyridine rings is 1. The monoisotopic (exact) mass is 275 g/mol. The maximum Gasteiger partial charge on any atom is 0.128 e. The number of aromatic nitrogens is 5. The van der Waals surface area contributed by atoms with E-state index in [0.29, 0.717) is 6.54 Å². The zero-order valence-electron chi connectivity index (χ0n) is 10.8. The molecular weight excluding hydrogens is 262 g/mol. The minimum absolute atomic E-state index is 0.152. The Morgan fingerprint density at radius 3 is 2.84 bits per heavy atom. The van der Waals surface area contributed by atoms with Crippen LogP contribution in [-0.4, -0.2) is 24.3 Å². The fourth-order valence-electron chi connectivity index (χ4n) is 2.19. The first-order chi connectivity index (χ1) is 9.16. The lowest BCUT2D eigenvalue weighted by atomic mass is 10.3. The second-order valence-electron chi connectivity index (χ2n) is 4.48. The molecule has 0 radical (unpaired) electrons. The SMILES string of the molecule is CC(Cl)c1nc2cnccc2n1Cc1ccnn1C. The first kappa shape index (κ1) is 12.2. The zero-order chi connectivity index (χ0) is 13.4. The molecule has 0 spiro atoms. The van der Waals surface area contributed by atoms with E-state index in [1.54, 1.807) is 18.6 Å². The van der Waals surface area contributed by atoms with Gasteiger partial charge in [-0.25, -0.2) is 4.98 Å². The summed E-state index contributed by atoms with van der Waals surface area (Å²) in [6.07, 6.45) is 5.32. The Morgan fingerprint density at radius 2 is 2.16 bits per heavy atom. The molecule has 0 amide bonds. The third-order valence-corrected chi connectivity index (χ3v) is 3.37. The van der Waals surface area contributed by atoms with Crippen LogP contribution in [0.5, 0.6) is 0 Å². The summed E-state index contributed by atoms with van der Waals surface area (Å²) in [5.41, 5.74) is 3.01. The molecule has 0 aliphatic rings. The molecule has 19 heavy (non-hydrogen) atoms. The average molecular weight is 276 g/mol. The van der Waals surface area contributed by atoms with Gasteiger partial charge in [-0.2, -0.15) is 5.10 Å². The lowest BCUT2D eigenvalue weighted by Crippen LogP contribution is -2.09. The van der Waals surface area contributed by atoms with Gasteiger partial charge >= 0.3 is 0 Å². The lowest BCUT2D eigenvalue weighted by Gasteiger charge is -2.10. The van der Waals surface area contributed by atoms with Crippen LogP contribution in [0.2, 0.25) is 0 Å². The number of hydrogen-bond donors (Lipinski definition) is 0. The number of fused-ring (bicyclic) bond motifs is 1. The van der Waals surface area contributed by atoms with Crippen molar-refractivity contribution in [2.45, 2.75) is 18.8 Å². The van der Waals surface area contributed by atoms with E-state index in [-0.39, 0.29) is 5.38 Å². The number of halogens is 1. The number of rotatable bonds is 3. The van der Waals surface area contributed by atoms with Gasteiger partial charge < -0.3 is 4.57 Å². The molecule has 3 rings (SSSR count). The fourth-order valence-corrected chi connectivity index (χ4v) is 2.36. The van der Waals surface area contributed by atoms with Gasteiger partial charge in [-0.15, -0.1) is 11.6 Å². The Morgan fingerprint density at radius 1 is 1.32 bits per heavy atom. The number of imidazole rings is 1. The van der Waals surface area contributed by atoms with Gasteiger partial charge in [0.15, 0.2) is 0 Å². The lowest BCUT2D eigenvalue weighted by molar-refractivity contribution is 0.654. The van der Waals surface area contributed by atoms with Gasteiger partial charge in [0, 0.05) is 19.4 Å². The van der Waals surface area contributed by atoms with Crippen molar-refractivity contribution in [2.24, 2.45) is 7.05 Å². The second-order valence-corrected chi connectivity index (χ2v) is 5.14. The van der Waals surface area contributed by atoms with Crippen LogP contribution in [0.3, 0.4) is 0 Å². The number of alkyl halides is 1. The fraction of sp³-hybridized carbons (Fsp3) is 0.308. The molecule has 0 N–H and O–H groups in total. The van der Waals surface area contributed by atoms with E-state index in [0.717, 1.165) is 22.6 Å². The van der Waals surface area contributed by atoms with Crippen molar-refractivity contribution < 1.29 is 0 Å². The van der Waals surface area contributed by atoms with Gasteiger partial charge in [-0.3, -0.25) is 9.67 Å². The highest BCUT2D eigenvalue weighted by atomic mass is 35.5. The molecule has 98 valence electrons. The quantitative estimate of drug-likeness (QED) is 0.690. The predicted molar refractivity (Wildman–Crippen MR) is 74.1 cm³/mol. The first-order valence-corrected chi connectivity index (χ1v) is 6.51. The summed E-state index contributed by atoms with van der Waals surface area (Å²) in [4.78, 5) is 8.67. The summed E-state index contributed by atoms with van der Waals surface area (Å²) in [5, 5.41) is 4.04. The summed E-state index contributed by atoms with van der Waals surface area (Å²) in [5.74, 6) is 0.853. The van der Waals surface area contributed by atoms with Crippen LogP contribution < -0.4 is 0 Å². The Labute approximate surface area is 115 Å². The molecule has 5 nitrogen and oxygen atoms in total. The Hall–Kier alpha value is -1.88. The molecule has 3 heterocycles. The summed E-state index contributed by atoms with van der Waals surface area (Å²) >= 11 is 6.23. The zero-order valence-corrected chi connectivity index (χ0v) is 11.5.